The molecule has 1 saturated heterocycles. The number of piperazine rings is 1. The normalized spacial score (nSPS) is 19.6. The smallest absolute Gasteiger partial charge is 0.164 e. The standard InChI is InChI=1S/C16H24N2O2/c1-13-11-14(3-6-18-7-4-17-5-8-18)12-15-16(13)20-10-2-9-19-15/h11-12,17H,2-10H2,1H3. The second-order valence-electron chi connectivity index (χ2n) is 5.63. The summed E-state index contributed by atoms with van der Waals surface area (Å²) in [5, 5.41) is 3.39. The topological polar surface area (TPSA) is 33.7 Å². The second kappa shape index (κ2) is 6.46. The van der Waals surface area contributed by atoms with E-state index in [9.17, 15) is 0 Å². The molecule has 2 heterocycles. The summed E-state index contributed by atoms with van der Waals surface area (Å²) in [6, 6.07) is 4.41. The molecule has 0 unspecified atom stereocenters. The summed E-state index contributed by atoms with van der Waals surface area (Å²) in [7, 11) is 0. The first-order valence-corrected chi connectivity index (χ1v) is 7.65. The van der Waals surface area contributed by atoms with Gasteiger partial charge in [-0.2, -0.15) is 0 Å². The van der Waals surface area contributed by atoms with Crippen LogP contribution in [0.25, 0.3) is 0 Å². The van der Waals surface area contributed by atoms with Crippen LogP contribution in [0.2, 0.25) is 0 Å². The Bertz CT molecular complexity index is 456. The maximum atomic E-state index is 5.81. The van der Waals surface area contributed by atoms with Crippen LogP contribution in [0.4, 0.5) is 0 Å². The Hall–Kier alpha value is -1.26. The van der Waals surface area contributed by atoms with E-state index in [4.69, 9.17) is 9.47 Å². The zero-order valence-electron chi connectivity index (χ0n) is 12.3. The molecule has 0 aromatic heterocycles. The van der Waals surface area contributed by atoms with Crippen LogP contribution < -0.4 is 14.8 Å². The van der Waals surface area contributed by atoms with Crippen LogP contribution in [0.3, 0.4) is 0 Å². The average molecular weight is 276 g/mol. The number of benzene rings is 1. The number of aryl methyl sites for hydroxylation is 1. The minimum atomic E-state index is 0.758. The largest absolute Gasteiger partial charge is 0.490 e. The highest BCUT2D eigenvalue weighted by Crippen LogP contribution is 2.34. The third-order valence-corrected chi connectivity index (χ3v) is 4.02. The summed E-state index contributed by atoms with van der Waals surface area (Å²) in [6.07, 6.45) is 2.04. The molecule has 4 nitrogen and oxygen atoms in total. The zero-order valence-corrected chi connectivity index (χ0v) is 12.3. The maximum Gasteiger partial charge on any atom is 0.164 e. The molecule has 1 N–H and O–H groups in total. The summed E-state index contributed by atoms with van der Waals surface area (Å²) in [5.41, 5.74) is 2.55. The van der Waals surface area contributed by atoms with Crippen molar-refractivity contribution in [1.29, 1.82) is 0 Å². The lowest BCUT2D eigenvalue weighted by Crippen LogP contribution is -2.44. The molecule has 1 fully saturated rings. The van der Waals surface area contributed by atoms with Crippen molar-refractivity contribution in [1.82, 2.24) is 10.2 Å². The van der Waals surface area contributed by atoms with Gasteiger partial charge in [0.25, 0.3) is 0 Å². The van der Waals surface area contributed by atoms with E-state index >= 15 is 0 Å². The molecule has 1 aromatic rings. The van der Waals surface area contributed by atoms with Gasteiger partial charge < -0.3 is 19.7 Å². The van der Waals surface area contributed by atoms with E-state index in [0.717, 1.165) is 70.3 Å². The van der Waals surface area contributed by atoms with E-state index in [0.29, 0.717) is 0 Å². The lowest BCUT2D eigenvalue weighted by atomic mass is 10.1. The highest BCUT2D eigenvalue weighted by Gasteiger charge is 2.15. The van der Waals surface area contributed by atoms with Gasteiger partial charge in [-0.1, -0.05) is 6.07 Å². The number of rotatable bonds is 3. The Balaban J connectivity index is 1.67. The van der Waals surface area contributed by atoms with Gasteiger partial charge in [0.1, 0.15) is 0 Å². The zero-order chi connectivity index (χ0) is 13.8. The van der Waals surface area contributed by atoms with Crippen LogP contribution in [0.1, 0.15) is 17.5 Å². The molecule has 0 bridgehead atoms. The third-order valence-electron chi connectivity index (χ3n) is 4.02. The van der Waals surface area contributed by atoms with Crippen molar-refractivity contribution in [2.75, 3.05) is 45.9 Å². The fourth-order valence-corrected chi connectivity index (χ4v) is 2.89. The first-order chi connectivity index (χ1) is 9.83. The van der Waals surface area contributed by atoms with Gasteiger partial charge in [0.15, 0.2) is 11.5 Å². The number of nitrogens with zero attached hydrogens (tertiary/aromatic N) is 1. The molecule has 0 saturated carbocycles. The fourth-order valence-electron chi connectivity index (χ4n) is 2.89. The molecule has 2 aliphatic rings. The van der Waals surface area contributed by atoms with Gasteiger partial charge in [0.2, 0.25) is 0 Å². The minimum Gasteiger partial charge on any atom is -0.490 e. The van der Waals surface area contributed by atoms with Crippen molar-refractivity contribution >= 4 is 0 Å². The van der Waals surface area contributed by atoms with Gasteiger partial charge in [-0.15, -0.1) is 0 Å². The van der Waals surface area contributed by atoms with Gasteiger partial charge in [-0.3, -0.25) is 0 Å². The fraction of sp³-hybridized carbons (Fsp3) is 0.625. The Morgan fingerprint density at radius 2 is 1.95 bits per heavy atom. The molecule has 0 atom stereocenters. The van der Waals surface area contributed by atoms with E-state index in [1.807, 2.05) is 0 Å². The van der Waals surface area contributed by atoms with E-state index in [1.165, 1.54) is 11.1 Å². The van der Waals surface area contributed by atoms with Crippen molar-refractivity contribution in [3.8, 4) is 11.5 Å². The molecule has 0 aliphatic carbocycles. The SMILES string of the molecule is Cc1cc(CCN2CCNCC2)cc2c1OCCCO2. The molecule has 20 heavy (non-hydrogen) atoms. The van der Waals surface area contributed by atoms with Gasteiger partial charge in [0, 0.05) is 39.1 Å². The number of fused-ring (bicyclic) bond motifs is 1. The lowest BCUT2D eigenvalue weighted by molar-refractivity contribution is 0.243. The summed E-state index contributed by atoms with van der Waals surface area (Å²) in [4.78, 5) is 2.52. The number of nitrogens with one attached hydrogen (secondary N) is 1. The summed E-state index contributed by atoms with van der Waals surface area (Å²) < 4.78 is 11.6. The number of hydrogen-bond acceptors (Lipinski definition) is 4. The van der Waals surface area contributed by atoms with Crippen LogP contribution in [-0.4, -0.2) is 50.8 Å². The van der Waals surface area contributed by atoms with E-state index in [2.05, 4.69) is 29.3 Å². The molecule has 1 aromatic carbocycles. The molecule has 110 valence electrons. The summed E-state index contributed by atoms with van der Waals surface area (Å²) in [6.45, 7) is 9.29. The summed E-state index contributed by atoms with van der Waals surface area (Å²) in [5.74, 6) is 1.87. The third kappa shape index (κ3) is 3.25. The van der Waals surface area contributed by atoms with Crippen LogP contribution >= 0.6 is 0 Å². The van der Waals surface area contributed by atoms with Crippen molar-refractivity contribution < 1.29 is 9.47 Å². The van der Waals surface area contributed by atoms with Crippen LogP contribution in [0, 0.1) is 6.92 Å². The van der Waals surface area contributed by atoms with Crippen molar-refractivity contribution in [2.45, 2.75) is 19.8 Å². The predicted molar refractivity (Wildman–Crippen MR) is 79.8 cm³/mol. The van der Waals surface area contributed by atoms with Gasteiger partial charge in [-0.05, 0) is 30.5 Å². The number of hydrogen-bond donors (Lipinski definition) is 1. The second-order valence-corrected chi connectivity index (χ2v) is 5.63. The average Bonchev–Trinajstić information content (AvgIpc) is 2.72. The molecular formula is C16H24N2O2. The molecule has 4 heteroatoms. The quantitative estimate of drug-likeness (QED) is 0.909. The molecule has 0 radical (unpaired) electrons. The maximum absolute atomic E-state index is 5.81. The molecule has 0 amide bonds. The number of ether oxygens (including phenoxy) is 2. The van der Waals surface area contributed by atoms with Crippen LogP contribution in [0.5, 0.6) is 11.5 Å². The van der Waals surface area contributed by atoms with Gasteiger partial charge in [0.05, 0.1) is 13.2 Å². The monoisotopic (exact) mass is 276 g/mol. The Kier molecular flexibility index (Phi) is 4.43. The highest BCUT2D eigenvalue weighted by atomic mass is 16.5. The van der Waals surface area contributed by atoms with Crippen molar-refractivity contribution in [3.05, 3.63) is 23.3 Å². The van der Waals surface area contributed by atoms with Crippen LogP contribution in [0.15, 0.2) is 12.1 Å². The van der Waals surface area contributed by atoms with Crippen molar-refractivity contribution in [3.63, 3.8) is 0 Å². The molecule has 2 aliphatic heterocycles. The van der Waals surface area contributed by atoms with Crippen LogP contribution in [-0.2, 0) is 6.42 Å². The Labute approximate surface area is 121 Å². The highest BCUT2D eigenvalue weighted by molar-refractivity contribution is 5.49. The van der Waals surface area contributed by atoms with Gasteiger partial charge in [-0.25, -0.2) is 0 Å². The predicted octanol–water partition coefficient (Wildman–Crippen LogP) is 1.60. The first-order valence-electron chi connectivity index (χ1n) is 7.65. The van der Waals surface area contributed by atoms with E-state index in [1.54, 1.807) is 0 Å². The Morgan fingerprint density at radius 1 is 1.15 bits per heavy atom. The summed E-state index contributed by atoms with van der Waals surface area (Å²) >= 11 is 0. The van der Waals surface area contributed by atoms with E-state index in [-0.39, 0.29) is 0 Å². The lowest BCUT2D eigenvalue weighted by Gasteiger charge is -2.27. The molecule has 3 rings (SSSR count). The molecule has 0 spiro atoms. The minimum absolute atomic E-state index is 0.758. The van der Waals surface area contributed by atoms with E-state index < -0.39 is 0 Å². The van der Waals surface area contributed by atoms with Crippen molar-refractivity contribution in [2.24, 2.45) is 0 Å². The Morgan fingerprint density at radius 3 is 2.80 bits per heavy atom. The first kappa shape index (κ1) is 13.7. The van der Waals surface area contributed by atoms with Gasteiger partial charge >= 0.3 is 0 Å². The molecular weight excluding hydrogens is 252 g/mol.